The summed E-state index contributed by atoms with van der Waals surface area (Å²) in [6.45, 7) is 6.17. The summed E-state index contributed by atoms with van der Waals surface area (Å²) < 4.78 is 0. The van der Waals surface area contributed by atoms with Crippen LogP contribution in [0.4, 0.5) is 0 Å². The first-order valence-corrected chi connectivity index (χ1v) is 9.11. The average molecular weight is 276 g/mol. The van der Waals surface area contributed by atoms with Gasteiger partial charge in [0.2, 0.25) is 0 Å². The molecule has 0 amide bonds. The molecule has 5 rings (SSSR count). The molecule has 2 N–H and O–H groups in total. The number of hydrogen-bond acceptors (Lipinski definition) is 2. The molecule has 1 heterocycles. The summed E-state index contributed by atoms with van der Waals surface area (Å²) in [5.41, 5.74) is 7.34. The van der Waals surface area contributed by atoms with Crippen LogP contribution in [0.2, 0.25) is 0 Å². The molecule has 0 spiro atoms. The highest BCUT2D eigenvalue weighted by molar-refractivity contribution is 5.06. The Morgan fingerprint density at radius 3 is 2.25 bits per heavy atom. The molecule has 1 saturated heterocycles. The van der Waals surface area contributed by atoms with Crippen LogP contribution in [-0.4, -0.2) is 30.6 Å². The minimum Gasteiger partial charge on any atom is -0.326 e. The Hall–Kier alpha value is -0.0800. The van der Waals surface area contributed by atoms with Gasteiger partial charge in [-0.05, 0) is 87.0 Å². The molecule has 2 unspecified atom stereocenters. The molecule has 5 fully saturated rings. The first-order chi connectivity index (χ1) is 9.63. The summed E-state index contributed by atoms with van der Waals surface area (Å²) in [5.74, 6) is 3.99. The maximum atomic E-state index is 6.81. The molecule has 5 aliphatic rings. The Morgan fingerprint density at radius 2 is 1.70 bits per heavy atom. The molecule has 0 radical (unpaired) electrons. The minimum absolute atomic E-state index is 0.446. The van der Waals surface area contributed by atoms with Crippen LogP contribution >= 0.6 is 0 Å². The van der Waals surface area contributed by atoms with Gasteiger partial charge in [0.05, 0.1) is 0 Å². The molecule has 20 heavy (non-hydrogen) atoms. The lowest BCUT2D eigenvalue weighted by Gasteiger charge is -2.59. The molecule has 2 atom stereocenters. The van der Waals surface area contributed by atoms with Crippen molar-refractivity contribution in [3.8, 4) is 0 Å². The molecule has 0 aromatic rings. The fraction of sp³-hybridized carbons (Fsp3) is 1.00. The first kappa shape index (κ1) is 13.6. The van der Waals surface area contributed by atoms with Crippen LogP contribution in [0.1, 0.15) is 58.3 Å². The summed E-state index contributed by atoms with van der Waals surface area (Å²) in [7, 11) is 0. The third-order valence-corrected chi connectivity index (χ3v) is 7.07. The van der Waals surface area contributed by atoms with Crippen LogP contribution in [0, 0.1) is 29.1 Å². The van der Waals surface area contributed by atoms with Crippen molar-refractivity contribution in [2.45, 2.75) is 64.3 Å². The van der Waals surface area contributed by atoms with Crippen molar-refractivity contribution in [1.29, 1.82) is 0 Å². The Morgan fingerprint density at radius 1 is 1.10 bits per heavy atom. The van der Waals surface area contributed by atoms with Crippen LogP contribution in [0.25, 0.3) is 0 Å². The van der Waals surface area contributed by atoms with E-state index in [1.54, 1.807) is 0 Å². The number of rotatable bonds is 3. The third-order valence-electron chi connectivity index (χ3n) is 7.07. The number of likely N-dealkylation sites (tertiary alicyclic amines) is 1. The highest BCUT2D eigenvalue weighted by Gasteiger charge is 2.53. The summed E-state index contributed by atoms with van der Waals surface area (Å²) >= 11 is 0. The van der Waals surface area contributed by atoms with E-state index in [1.807, 2.05) is 0 Å². The summed E-state index contributed by atoms with van der Waals surface area (Å²) in [6.07, 6.45) is 11.8. The predicted octanol–water partition coefficient (Wildman–Crippen LogP) is 3.26. The maximum absolute atomic E-state index is 6.81. The number of nitrogens with two attached hydrogens (primary N) is 1. The lowest BCUT2D eigenvalue weighted by molar-refractivity contribution is -0.0726. The Labute approximate surface area is 124 Å². The number of hydrogen-bond donors (Lipinski definition) is 1. The van der Waals surface area contributed by atoms with Gasteiger partial charge in [-0.2, -0.15) is 0 Å². The zero-order valence-electron chi connectivity index (χ0n) is 13.2. The van der Waals surface area contributed by atoms with Crippen molar-refractivity contribution < 1.29 is 0 Å². The van der Waals surface area contributed by atoms with E-state index in [2.05, 4.69) is 11.8 Å². The smallest absolute Gasteiger partial charge is 0.0225 e. The van der Waals surface area contributed by atoms with E-state index in [1.165, 1.54) is 71.0 Å². The zero-order chi connectivity index (χ0) is 13.7. The van der Waals surface area contributed by atoms with Gasteiger partial charge >= 0.3 is 0 Å². The third kappa shape index (κ3) is 2.33. The quantitative estimate of drug-likeness (QED) is 0.857. The summed E-state index contributed by atoms with van der Waals surface area (Å²) in [4.78, 5) is 2.68. The average Bonchev–Trinajstić information content (AvgIpc) is 2.37. The van der Waals surface area contributed by atoms with E-state index in [-0.39, 0.29) is 0 Å². The number of nitrogens with zero attached hydrogens (tertiary/aromatic N) is 1. The van der Waals surface area contributed by atoms with Gasteiger partial charge in [0, 0.05) is 19.1 Å². The topological polar surface area (TPSA) is 29.3 Å². The molecule has 4 bridgehead atoms. The van der Waals surface area contributed by atoms with Crippen LogP contribution in [0.5, 0.6) is 0 Å². The Balaban J connectivity index is 1.44. The normalized spacial score (nSPS) is 49.5. The molecule has 4 saturated carbocycles. The van der Waals surface area contributed by atoms with Crippen LogP contribution in [0.3, 0.4) is 0 Å². The van der Waals surface area contributed by atoms with Gasteiger partial charge in [-0.25, -0.2) is 0 Å². The fourth-order valence-electron chi connectivity index (χ4n) is 6.56. The van der Waals surface area contributed by atoms with E-state index >= 15 is 0 Å². The summed E-state index contributed by atoms with van der Waals surface area (Å²) in [5, 5.41) is 0. The van der Waals surface area contributed by atoms with Gasteiger partial charge in [0.1, 0.15) is 0 Å². The van der Waals surface area contributed by atoms with Crippen molar-refractivity contribution in [3.05, 3.63) is 0 Å². The van der Waals surface area contributed by atoms with Gasteiger partial charge in [-0.3, -0.25) is 0 Å². The van der Waals surface area contributed by atoms with Gasteiger partial charge in [-0.1, -0.05) is 6.92 Å². The van der Waals surface area contributed by atoms with Crippen molar-refractivity contribution in [3.63, 3.8) is 0 Å². The number of piperidine rings is 1. The lowest BCUT2D eigenvalue weighted by Crippen LogP contribution is -2.58. The SMILES string of the molecule is CC1CCCN(CC(N)C23CC4CC(CC(C4)C2)C3)C1. The zero-order valence-corrected chi connectivity index (χ0v) is 13.2. The van der Waals surface area contributed by atoms with Crippen molar-refractivity contribution in [1.82, 2.24) is 4.90 Å². The van der Waals surface area contributed by atoms with Crippen molar-refractivity contribution >= 4 is 0 Å². The fourth-order valence-corrected chi connectivity index (χ4v) is 6.56. The standard InChI is InChI=1S/C18H32N2/c1-13-3-2-4-20(11-13)12-17(19)18-8-14-5-15(9-18)7-16(6-14)10-18/h13-17H,2-12,19H2,1H3. The molecule has 0 aromatic heterocycles. The van der Waals surface area contributed by atoms with E-state index in [9.17, 15) is 0 Å². The van der Waals surface area contributed by atoms with Crippen LogP contribution in [0.15, 0.2) is 0 Å². The molecule has 2 nitrogen and oxygen atoms in total. The molecule has 114 valence electrons. The van der Waals surface area contributed by atoms with Gasteiger partial charge in [0.25, 0.3) is 0 Å². The van der Waals surface area contributed by atoms with E-state index in [4.69, 9.17) is 5.73 Å². The molecule has 1 aliphatic heterocycles. The van der Waals surface area contributed by atoms with Crippen molar-refractivity contribution in [2.24, 2.45) is 34.8 Å². The molecule has 2 heteroatoms. The van der Waals surface area contributed by atoms with Crippen molar-refractivity contribution in [2.75, 3.05) is 19.6 Å². The monoisotopic (exact) mass is 276 g/mol. The largest absolute Gasteiger partial charge is 0.326 e. The second-order valence-corrected chi connectivity index (χ2v) is 8.89. The highest BCUT2D eigenvalue weighted by atomic mass is 15.1. The van der Waals surface area contributed by atoms with E-state index < -0.39 is 0 Å². The maximum Gasteiger partial charge on any atom is 0.0225 e. The molecular formula is C18H32N2. The van der Waals surface area contributed by atoms with Gasteiger partial charge in [0.15, 0.2) is 0 Å². The van der Waals surface area contributed by atoms with Gasteiger partial charge in [-0.15, -0.1) is 0 Å². The second-order valence-electron chi connectivity index (χ2n) is 8.89. The van der Waals surface area contributed by atoms with Crippen LogP contribution < -0.4 is 5.73 Å². The Kier molecular flexibility index (Phi) is 3.38. The van der Waals surface area contributed by atoms with Gasteiger partial charge < -0.3 is 10.6 Å². The van der Waals surface area contributed by atoms with E-state index in [0.717, 1.165) is 23.7 Å². The lowest BCUT2D eigenvalue weighted by atomic mass is 9.48. The van der Waals surface area contributed by atoms with Crippen LogP contribution in [-0.2, 0) is 0 Å². The second kappa shape index (κ2) is 4.98. The highest BCUT2D eigenvalue weighted by Crippen LogP contribution is 2.61. The minimum atomic E-state index is 0.446. The molecular weight excluding hydrogens is 244 g/mol. The Bertz CT molecular complexity index is 329. The van der Waals surface area contributed by atoms with E-state index in [0.29, 0.717) is 11.5 Å². The summed E-state index contributed by atoms with van der Waals surface area (Å²) in [6, 6.07) is 0.446. The first-order valence-electron chi connectivity index (χ1n) is 9.11. The predicted molar refractivity (Wildman–Crippen MR) is 83.4 cm³/mol. The molecule has 0 aromatic carbocycles. The molecule has 4 aliphatic carbocycles.